The van der Waals surface area contributed by atoms with Gasteiger partial charge in [0.25, 0.3) is 11.6 Å². The summed E-state index contributed by atoms with van der Waals surface area (Å²) in [7, 11) is 3.12. The molecule has 0 aromatic carbocycles. The first-order valence-electron chi connectivity index (χ1n) is 6.55. The summed E-state index contributed by atoms with van der Waals surface area (Å²) >= 11 is 2.46. The number of anilines is 1. The SMILES string of the molecule is COc1nn(C)cc1C(=O)Nc1nc(-c2cc([N+](=O)[O-])cs2)cs1. The summed E-state index contributed by atoms with van der Waals surface area (Å²) in [5.41, 5.74) is 0.892. The van der Waals surface area contributed by atoms with E-state index in [2.05, 4.69) is 15.4 Å². The molecular weight excluding hydrogens is 354 g/mol. The number of methoxy groups -OCH3 is 1. The standard InChI is InChI=1S/C13H11N5O4S2/c1-17-4-8(12(16-17)22-2)11(19)15-13-14-9(6-24-13)10-3-7(5-23-10)18(20)21/h3-6H,1-2H3,(H,14,15,19). The minimum atomic E-state index is -0.455. The van der Waals surface area contributed by atoms with Crippen molar-refractivity contribution in [1.29, 1.82) is 0 Å². The molecular formula is C13H11N5O4S2. The van der Waals surface area contributed by atoms with Gasteiger partial charge in [0.1, 0.15) is 5.56 Å². The summed E-state index contributed by atoms with van der Waals surface area (Å²) in [6.07, 6.45) is 1.55. The molecule has 0 aliphatic heterocycles. The average Bonchev–Trinajstić information content (AvgIpc) is 3.24. The molecule has 0 atom stereocenters. The highest BCUT2D eigenvalue weighted by Gasteiger charge is 2.18. The Hall–Kier alpha value is -2.79. The number of carbonyl (C=O) groups excluding carboxylic acids is 1. The topological polar surface area (TPSA) is 112 Å². The Bertz CT molecular complexity index is 913. The Morgan fingerprint density at radius 1 is 1.42 bits per heavy atom. The zero-order valence-electron chi connectivity index (χ0n) is 12.5. The molecule has 0 aliphatic carbocycles. The lowest BCUT2D eigenvalue weighted by Gasteiger charge is -2.00. The van der Waals surface area contributed by atoms with Gasteiger partial charge >= 0.3 is 0 Å². The highest BCUT2D eigenvalue weighted by molar-refractivity contribution is 7.16. The molecule has 3 aromatic rings. The van der Waals surface area contributed by atoms with E-state index in [0.717, 1.165) is 0 Å². The van der Waals surface area contributed by atoms with E-state index in [1.165, 1.54) is 45.9 Å². The number of rotatable bonds is 5. The van der Waals surface area contributed by atoms with E-state index in [-0.39, 0.29) is 11.6 Å². The van der Waals surface area contributed by atoms with Crippen molar-refractivity contribution in [3.63, 3.8) is 0 Å². The number of thiazole rings is 1. The van der Waals surface area contributed by atoms with Gasteiger partial charge in [-0.2, -0.15) is 0 Å². The van der Waals surface area contributed by atoms with Crippen LogP contribution in [0, 0.1) is 10.1 Å². The smallest absolute Gasteiger partial charge is 0.280 e. The number of hydrogen-bond donors (Lipinski definition) is 1. The fraction of sp³-hybridized carbons (Fsp3) is 0.154. The predicted octanol–water partition coefficient (Wildman–Crippen LogP) is 2.77. The van der Waals surface area contributed by atoms with Gasteiger partial charge in [0.2, 0.25) is 5.88 Å². The van der Waals surface area contributed by atoms with E-state index >= 15 is 0 Å². The normalized spacial score (nSPS) is 10.6. The van der Waals surface area contributed by atoms with Gasteiger partial charge in [-0.05, 0) is 0 Å². The van der Waals surface area contributed by atoms with Gasteiger partial charge in [0, 0.05) is 24.7 Å². The molecule has 0 bridgehead atoms. The minimum Gasteiger partial charge on any atom is -0.479 e. The first kappa shape index (κ1) is 16.1. The van der Waals surface area contributed by atoms with Crippen molar-refractivity contribution < 1.29 is 14.5 Å². The zero-order valence-corrected chi connectivity index (χ0v) is 14.2. The number of nitrogens with zero attached hydrogens (tertiary/aromatic N) is 4. The molecule has 3 aromatic heterocycles. The number of aryl methyl sites for hydroxylation is 1. The van der Waals surface area contributed by atoms with Gasteiger partial charge in [-0.3, -0.25) is 24.9 Å². The lowest BCUT2D eigenvalue weighted by Crippen LogP contribution is -2.12. The van der Waals surface area contributed by atoms with E-state index in [9.17, 15) is 14.9 Å². The number of nitro groups is 1. The van der Waals surface area contributed by atoms with Crippen LogP contribution < -0.4 is 10.1 Å². The Morgan fingerprint density at radius 3 is 2.88 bits per heavy atom. The Kier molecular flexibility index (Phi) is 4.27. The number of carbonyl (C=O) groups is 1. The molecule has 11 heteroatoms. The van der Waals surface area contributed by atoms with E-state index in [4.69, 9.17) is 4.74 Å². The summed E-state index contributed by atoms with van der Waals surface area (Å²) in [6.45, 7) is 0. The first-order chi connectivity index (χ1) is 11.5. The van der Waals surface area contributed by atoms with Gasteiger partial charge in [-0.25, -0.2) is 4.98 Å². The summed E-state index contributed by atoms with van der Waals surface area (Å²) in [5.74, 6) is -0.168. The van der Waals surface area contributed by atoms with Gasteiger partial charge in [-0.15, -0.1) is 27.8 Å². The third kappa shape index (κ3) is 3.12. The van der Waals surface area contributed by atoms with Crippen LogP contribution in [-0.2, 0) is 7.05 Å². The molecule has 1 N–H and O–H groups in total. The molecule has 0 radical (unpaired) electrons. The van der Waals surface area contributed by atoms with Crippen molar-refractivity contribution in [1.82, 2.24) is 14.8 Å². The molecule has 24 heavy (non-hydrogen) atoms. The van der Waals surface area contributed by atoms with Crippen LogP contribution in [0.5, 0.6) is 5.88 Å². The van der Waals surface area contributed by atoms with E-state index < -0.39 is 10.8 Å². The molecule has 9 nitrogen and oxygen atoms in total. The molecule has 3 rings (SSSR count). The number of thiophene rings is 1. The molecule has 0 spiro atoms. The summed E-state index contributed by atoms with van der Waals surface area (Å²) in [4.78, 5) is 27.5. The number of hydrogen-bond acceptors (Lipinski definition) is 8. The largest absolute Gasteiger partial charge is 0.479 e. The Morgan fingerprint density at radius 2 is 2.21 bits per heavy atom. The molecule has 0 saturated carbocycles. The first-order valence-corrected chi connectivity index (χ1v) is 8.31. The van der Waals surface area contributed by atoms with Crippen molar-refractivity contribution in [3.05, 3.63) is 38.7 Å². The van der Waals surface area contributed by atoms with E-state index in [1.54, 1.807) is 18.6 Å². The quantitative estimate of drug-likeness (QED) is 0.549. The maximum absolute atomic E-state index is 12.3. The Labute approximate surface area is 143 Å². The second-order valence-electron chi connectivity index (χ2n) is 4.64. The van der Waals surface area contributed by atoms with Crippen molar-refractivity contribution in [2.75, 3.05) is 12.4 Å². The lowest BCUT2D eigenvalue weighted by molar-refractivity contribution is -0.384. The highest BCUT2D eigenvalue weighted by Crippen LogP contribution is 2.33. The van der Waals surface area contributed by atoms with Crippen LogP contribution in [0.3, 0.4) is 0 Å². The fourth-order valence-electron chi connectivity index (χ4n) is 1.94. The second-order valence-corrected chi connectivity index (χ2v) is 6.41. The maximum atomic E-state index is 12.3. The van der Waals surface area contributed by atoms with Gasteiger partial charge in [-0.1, -0.05) is 0 Å². The monoisotopic (exact) mass is 365 g/mol. The molecule has 0 saturated heterocycles. The molecule has 0 unspecified atom stereocenters. The molecule has 0 fully saturated rings. The van der Waals surface area contributed by atoms with Crippen LogP contribution in [0.25, 0.3) is 10.6 Å². The highest BCUT2D eigenvalue weighted by atomic mass is 32.1. The van der Waals surface area contributed by atoms with Crippen molar-refractivity contribution in [2.24, 2.45) is 7.05 Å². The van der Waals surface area contributed by atoms with Crippen molar-refractivity contribution in [3.8, 4) is 16.5 Å². The van der Waals surface area contributed by atoms with Crippen LogP contribution in [0.4, 0.5) is 10.8 Å². The van der Waals surface area contributed by atoms with E-state index in [1.807, 2.05) is 0 Å². The fourth-order valence-corrected chi connectivity index (χ4v) is 3.54. The number of ether oxygens (including phenoxy) is 1. The zero-order chi connectivity index (χ0) is 17.3. The van der Waals surface area contributed by atoms with Gasteiger partial charge < -0.3 is 4.74 Å². The van der Waals surface area contributed by atoms with Crippen LogP contribution in [-0.4, -0.2) is 32.7 Å². The summed E-state index contributed by atoms with van der Waals surface area (Å²) in [5, 5.41) is 21.0. The second kappa shape index (κ2) is 6.37. The van der Waals surface area contributed by atoms with Crippen LogP contribution in [0.15, 0.2) is 23.0 Å². The van der Waals surface area contributed by atoms with Crippen LogP contribution in [0.1, 0.15) is 10.4 Å². The number of amides is 1. The Balaban J connectivity index is 1.78. The minimum absolute atomic E-state index is 0.0219. The van der Waals surface area contributed by atoms with Crippen LogP contribution in [0.2, 0.25) is 0 Å². The number of nitrogens with one attached hydrogen (secondary N) is 1. The maximum Gasteiger partial charge on any atom is 0.280 e. The van der Waals surface area contributed by atoms with Gasteiger partial charge in [0.15, 0.2) is 5.13 Å². The summed E-state index contributed by atoms with van der Waals surface area (Å²) in [6, 6.07) is 1.45. The molecule has 0 aliphatic rings. The summed E-state index contributed by atoms with van der Waals surface area (Å²) < 4.78 is 6.53. The predicted molar refractivity (Wildman–Crippen MR) is 89.8 cm³/mol. The van der Waals surface area contributed by atoms with Crippen molar-refractivity contribution in [2.45, 2.75) is 0 Å². The van der Waals surface area contributed by atoms with Crippen LogP contribution >= 0.6 is 22.7 Å². The number of aromatic nitrogens is 3. The lowest BCUT2D eigenvalue weighted by atomic mass is 10.3. The molecule has 3 heterocycles. The van der Waals surface area contributed by atoms with Crippen molar-refractivity contribution >= 4 is 39.4 Å². The third-order valence-corrected chi connectivity index (χ3v) is 4.70. The average molecular weight is 365 g/mol. The molecule has 1 amide bonds. The third-order valence-electron chi connectivity index (χ3n) is 3.01. The van der Waals surface area contributed by atoms with Gasteiger partial charge in [0.05, 0.1) is 28.0 Å². The molecule has 124 valence electrons. The van der Waals surface area contributed by atoms with E-state index in [0.29, 0.717) is 21.3 Å².